The molecule has 0 saturated heterocycles. The summed E-state index contributed by atoms with van der Waals surface area (Å²) in [6.45, 7) is 3.72. The largest absolute Gasteiger partial charge is 0.383 e. The molecule has 0 bridgehead atoms. The third kappa shape index (κ3) is 5.06. The average Bonchev–Trinajstić information content (AvgIpc) is 2.61. The number of para-hydroxylation sites is 1. The van der Waals surface area contributed by atoms with E-state index in [9.17, 15) is 13.2 Å². The lowest BCUT2D eigenvalue weighted by Gasteiger charge is -2.25. The fraction of sp³-hybridized carbons (Fsp3) is 0.316. The summed E-state index contributed by atoms with van der Waals surface area (Å²) in [6, 6.07) is 14.9. The van der Waals surface area contributed by atoms with Crippen LogP contribution in [-0.2, 0) is 19.6 Å². The van der Waals surface area contributed by atoms with Gasteiger partial charge in [-0.3, -0.25) is 9.10 Å². The number of nitrogens with zero attached hydrogens (tertiary/aromatic N) is 1. The van der Waals surface area contributed by atoms with E-state index in [1.54, 1.807) is 68.6 Å². The van der Waals surface area contributed by atoms with E-state index >= 15 is 0 Å². The van der Waals surface area contributed by atoms with Crippen LogP contribution in [0.1, 0.15) is 12.5 Å². The van der Waals surface area contributed by atoms with Gasteiger partial charge in [-0.25, -0.2) is 8.42 Å². The fourth-order valence-corrected chi connectivity index (χ4v) is 3.91. The van der Waals surface area contributed by atoms with Gasteiger partial charge in [0.05, 0.1) is 17.2 Å². The van der Waals surface area contributed by atoms with Crippen molar-refractivity contribution in [2.75, 3.05) is 24.6 Å². The lowest BCUT2D eigenvalue weighted by atomic mass is 10.2. The number of ether oxygens (including phenoxy) is 1. The van der Waals surface area contributed by atoms with Gasteiger partial charge in [0, 0.05) is 13.2 Å². The number of benzene rings is 2. The first-order valence-corrected chi connectivity index (χ1v) is 9.71. The van der Waals surface area contributed by atoms with Crippen LogP contribution < -0.4 is 9.62 Å². The number of sulfonamides is 1. The van der Waals surface area contributed by atoms with Crippen molar-refractivity contribution in [3.05, 3.63) is 60.2 Å². The molecule has 2 aromatic rings. The van der Waals surface area contributed by atoms with Crippen LogP contribution in [0.4, 0.5) is 5.69 Å². The van der Waals surface area contributed by atoms with Gasteiger partial charge in [-0.1, -0.05) is 35.9 Å². The van der Waals surface area contributed by atoms with Gasteiger partial charge in [0.2, 0.25) is 5.91 Å². The summed E-state index contributed by atoms with van der Waals surface area (Å²) < 4.78 is 32.3. The highest BCUT2D eigenvalue weighted by molar-refractivity contribution is 7.92. The molecule has 26 heavy (non-hydrogen) atoms. The fourth-order valence-electron chi connectivity index (χ4n) is 2.49. The molecule has 140 valence electrons. The predicted octanol–water partition coefficient (Wildman–Crippen LogP) is 2.34. The Morgan fingerprint density at radius 2 is 1.73 bits per heavy atom. The van der Waals surface area contributed by atoms with Gasteiger partial charge in [0.1, 0.15) is 6.54 Å². The number of methoxy groups -OCH3 is 1. The predicted molar refractivity (Wildman–Crippen MR) is 102 cm³/mol. The molecule has 0 aliphatic rings. The maximum absolute atomic E-state index is 13.1. The monoisotopic (exact) mass is 376 g/mol. The first-order chi connectivity index (χ1) is 12.3. The van der Waals surface area contributed by atoms with E-state index in [1.807, 2.05) is 6.92 Å². The van der Waals surface area contributed by atoms with Crippen molar-refractivity contribution < 1.29 is 17.9 Å². The minimum atomic E-state index is -3.87. The second kappa shape index (κ2) is 8.82. The van der Waals surface area contributed by atoms with Crippen molar-refractivity contribution in [1.82, 2.24) is 5.32 Å². The number of anilines is 1. The highest BCUT2D eigenvalue weighted by atomic mass is 32.2. The van der Waals surface area contributed by atoms with Gasteiger partial charge < -0.3 is 10.1 Å². The lowest BCUT2D eigenvalue weighted by molar-refractivity contribution is -0.120. The summed E-state index contributed by atoms with van der Waals surface area (Å²) in [4.78, 5) is 12.5. The van der Waals surface area contributed by atoms with Crippen molar-refractivity contribution in [1.29, 1.82) is 0 Å². The number of rotatable bonds is 8. The molecule has 2 aromatic carbocycles. The maximum atomic E-state index is 13.1. The van der Waals surface area contributed by atoms with E-state index in [-0.39, 0.29) is 17.5 Å². The lowest BCUT2D eigenvalue weighted by Crippen LogP contribution is -2.44. The summed E-state index contributed by atoms with van der Waals surface area (Å²) in [6.07, 6.45) is 0. The van der Waals surface area contributed by atoms with Crippen LogP contribution in [0.15, 0.2) is 59.5 Å². The van der Waals surface area contributed by atoms with Crippen molar-refractivity contribution >= 4 is 21.6 Å². The number of amides is 1. The van der Waals surface area contributed by atoms with E-state index in [2.05, 4.69) is 5.32 Å². The normalized spacial score (nSPS) is 12.4. The van der Waals surface area contributed by atoms with Crippen molar-refractivity contribution in [2.45, 2.75) is 24.8 Å². The minimum absolute atomic E-state index is 0.143. The first-order valence-electron chi connectivity index (χ1n) is 8.27. The van der Waals surface area contributed by atoms with Crippen LogP contribution in [0.25, 0.3) is 0 Å². The van der Waals surface area contributed by atoms with Crippen LogP contribution >= 0.6 is 0 Å². The molecule has 7 heteroatoms. The first kappa shape index (κ1) is 19.9. The highest BCUT2D eigenvalue weighted by Crippen LogP contribution is 2.23. The number of carbonyl (C=O) groups is 1. The minimum Gasteiger partial charge on any atom is -0.383 e. The van der Waals surface area contributed by atoms with Gasteiger partial charge in [-0.2, -0.15) is 0 Å². The maximum Gasteiger partial charge on any atom is 0.264 e. The highest BCUT2D eigenvalue weighted by Gasteiger charge is 2.27. The second-order valence-corrected chi connectivity index (χ2v) is 7.95. The summed E-state index contributed by atoms with van der Waals surface area (Å²) in [5, 5.41) is 2.74. The molecule has 0 saturated carbocycles. The summed E-state index contributed by atoms with van der Waals surface area (Å²) in [5.74, 6) is -0.394. The number of hydrogen-bond donors (Lipinski definition) is 1. The SMILES string of the molecule is COC[C@H](C)NC(=O)CN(c1ccccc1)S(=O)(=O)c1ccc(C)cc1. The molecule has 0 spiro atoms. The zero-order valence-electron chi connectivity index (χ0n) is 15.2. The molecule has 0 aliphatic heterocycles. The smallest absolute Gasteiger partial charge is 0.264 e. The summed E-state index contributed by atoms with van der Waals surface area (Å²) in [7, 11) is -2.33. The molecule has 0 aliphatic carbocycles. The third-order valence-electron chi connectivity index (χ3n) is 3.76. The van der Waals surface area contributed by atoms with Crippen LogP contribution in [0.3, 0.4) is 0 Å². The van der Waals surface area contributed by atoms with Crippen LogP contribution in [-0.4, -0.2) is 40.6 Å². The Morgan fingerprint density at radius 1 is 1.12 bits per heavy atom. The van der Waals surface area contributed by atoms with E-state index < -0.39 is 15.9 Å². The molecule has 1 amide bonds. The molecular weight excluding hydrogens is 352 g/mol. The summed E-state index contributed by atoms with van der Waals surface area (Å²) in [5.41, 5.74) is 1.39. The molecule has 0 aromatic heterocycles. The number of carbonyl (C=O) groups excluding carboxylic acids is 1. The molecule has 0 radical (unpaired) electrons. The zero-order chi connectivity index (χ0) is 19.2. The Kier molecular flexibility index (Phi) is 6.76. The van der Waals surface area contributed by atoms with E-state index in [0.29, 0.717) is 12.3 Å². The van der Waals surface area contributed by atoms with Gasteiger partial charge in [0.15, 0.2) is 0 Å². The molecule has 0 heterocycles. The van der Waals surface area contributed by atoms with E-state index in [4.69, 9.17) is 4.74 Å². The zero-order valence-corrected chi connectivity index (χ0v) is 16.0. The quantitative estimate of drug-likeness (QED) is 0.767. The van der Waals surface area contributed by atoms with E-state index in [0.717, 1.165) is 9.87 Å². The van der Waals surface area contributed by atoms with Gasteiger partial charge >= 0.3 is 0 Å². The number of hydrogen-bond acceptors (Lipinski definition) is 4. The van der Waals surface area contributed by atoms with E-state index in [1.165, 1.54) is 0 Å². The number of nitrogens with one attached hydrogen (secondary N) is 1. The van der Waals surface area contributed by atoms with Gasteiger partial charge in [-0.15, -0.1) is 0 Å². The molecule has 0 unspecified atom stereocenters. The Balaban J connectivity index is 2.33. The third-order valence-corrected chi connectivity index (χ3v) is 5.55. The Hall–Kier alpha value is -2.38. The number of aryl methyl sites for hydroxylation is 1. The Morgan fingerprint density at radius 3 is 2.31 bits per heavy atom. The van der Waals surface area contributed by atoms with Crippen molar-refractivity contribution in [3.8, 4) is 0 Å². The molecule has 1 atom stereocenters. The van der Waals surface area contributed by atoms with Crippen LogP contribution in [0.2, 0.25) is 0 Å². The Labute approximate surface area is 154 Å². The molecular formula is C19H24N2O4S. The van der Waals surface area contributed by atoms with Crippen molar-refractivity contribution in [2.24, 2.45) is 0 Å². The molecule has 0 fully saturated rings. The van der Waals surface area contributed by atoms with Gasteiger partial charge in [0.25, 0.3) is 10.0 Å². The average molecular weight is 376 g/mol. The topological polar surface area (TPSA) is 75.7 Å². The van der Waals surface area contributed by atoms with Crippen molar-refractivity contribution in [3.63, 3.8) is 0 Å². The van der Waals surface area contributed by atoms with Crippen LogP contribution in [0.5, 0.6) is 0 Å². The summed E-state index contributed by atoms with van der Waals surface area (Å²) >= 11 is 0. The molecule has 6 nitrogen and oxygen atoms in total. The second-order valence-electron chi connectivity index (χ2n) is 6.08. The standard InChI is InChI=1S/C19H24N2O4S/c1-15-9-11-18(12-10-15)26(23,24)21(17-7-5-4-6-8-17)13-19(22)20-16(2)14-25-3/h4-12,16H,13-14H2,1-3H3,(H,20,22)/t16-/m0/s1. The van der Waals surface area contributed by atoms with Crippen LogP contribution in [0, 0.1) is 6.92 Å². The molecule has 2 rings (SSSR count). The Bertz CT molecular complexity index is 820. The molecule has 1 N–H and O–H groups in total. The van der Waals surface area contributed by atoms with Gasteiger partial charge in [-0.05, 0) is 38.1 Å².